The molecule has 13 heteroatoms. The summed E-state index contributed by atoms with van der Waals surface area (Å²) in [5, 5.41) is 13.9. The summed E-state index contributed by atoms with van der Waals surface area (Å²) in [6.45, 7) is 5.70. The summed E-state index contributed by atoms with van der Waals surface area (Å²) in [5.41, 5.74) is 0. The third kappa shape index (κ3) is 28.3. The zero-order valence-corrected chi connectivity index (χ0v) is 20.8. The Morgan fingerprint density at radius 1 is 0.514 bits per heavy atom. The van der Waals surface area contributed by atoms with Gasteiger partial charge >= 0.3 is 5.97 Å². The summed E-state index contributed by atoms with van der Waals surface area (Å²) in [4.78, 5) is 33.7. The number of carbonyl (C=O) groups excluding carboxylic acids is 2. The van der Waals surface area contributed by atoms with Crippen molar-refractivity contribution >= 4 is 17.8 Å². The Kier molecular flexibility index (Phi) is 25.3. The SMILES string of the molecule is COCCOCCOCCOCCNC(=O)CCOCCNC(=O)CCOCCOCCC(=O)O. The van der Waals surface area contributed by atoms with E-state index in [2.05, 4.69) is 10.6 Å². The van der Waals surface area contributed by atoms with Crippen molar-refractivity contribution in [3.05, 3.63) is 0 Å². The first-order chi connectivity index (χ1) is 17.1. The van der Waals surface area contributed by atoms with E-state index in [4.69, 9.17) is 38.3 Å². The van der Waals surface area contributed by atoms with Crippen LogP contribution in [0.2, 0.25) is 0 Å². The fourth-order valence-corrected chi connectivity index (χ4v) is 2.30. The smallest absolute Gasteiger partial charge is 0.305 e. The number of aliphatic carboxylic acids is 1. The monoisotopic (exact) mass is 510 g/mol. The van der Waals surface area contributed by atoms with Gasteiger partial charge in [0, 0.05) is 33.0 Å². The lowest BCUT2D eigenvalue weighted by Crippen LogP contribution is -2.30. The van der Waals surface area contributed by atoms with E-state index in [1.807, 2.05) is 0 Å². The van der Waals surface area contributed by atoms with Crippen molar-refractivity contribution in [1.82, 2.24) is 10.6 Å². The summed E-state index contributed by atoms with van der Waals surface area (Å²) in [6, 6.07) is 0. The normalized spacial score (nSPS) is 10.9. The third-order valence-corrected chi connectivity index (χ3v) is 4.09. The zero-order valence-electron chi connectivity index (χ0n) is 20.8. The Morgan fingerprint density at radius 2 is 0.857 bits per heavy atom. The number of carboxylic acids is 1. The Balaban J connectivity index is 3.28. The van der Waals surface area contributed by atoms with Gasteiger partial charge < -0.3 is 48.9 Å². The van der Waals surface area contributed by atoms with Gasteiger partial charge in [-0.25, -0.2) is 0 Å². The number of carbonyl (C=O) groups is 3. The zero-order chi connectivity index (χ0) is 25.8. The lowest BCUT2D eigenvalue weighted by atomic mass is 10.4. The van der Waals surface area contributed by atoms with E-state index in [0.29, 0.717) is 72.6 Å². The molecule has 35 heavy (non-hydrogen) atoms. The van der Waals surface area contributed by atoms with Crippen LogP contribution in [0.1, 0.15) is 19.3 Å². The molecule has 0 aliphatic carbocycles. The van der Waals surface area contributed by atoms with Gasteiger partial charge in [-0.1, -0.05) is 0 Å². The summed E-state index contributed by atoms with van der Waals surface area (Å²) < 4.78 is 36.5. The second kappa shape index (κ2) is 26.7. The molecule has 0 saturated heterocycles. The first-order valence-electron chi connectivity index (χ1n) is 11.8. The number of rotatable bonds is 27. The quantitative estimate of drug-likeness (QED) is 0.119. The molecule has 0 radical (unpaired) electrons. The fraction of sp³-hybridized carbons (Fsp3) is 0.864. The highest BCUT2D eigenvalue weighted by atomic mass is 16.6. The molecule has 0 bridgehead atoms. The van der Waals surface area contributed by atoms with Crippen LogP contribution in [0, 0.1) is 0 Å². The maximum absolute atomic E-state index is 11.7. The summed E-state index contributed by atoms with van der Waals surface area (Å²) in [7, 11) is 1.62. The minimum atomic E-state index is -0.911. The number of methoxy groups -OCH3 is 1. The first kappa shape index (κ1) is 33.1. The topological polar surface area (TPSA) is 160 Å². The molecule has 13 nitrogen and oxygen atoms in total. The Labute approximate surface area is 207 Å². The van der Waals surface area contributed by atoms with E-state index in [-0.39, 0.29) is 57.5 Å². The highest BCUT2D eigenvalue weighted by Crippen LogP contribution is 1.88. The molecule has 0 rings (SSSR count). The lowest BCUT2D eigenvalue weighted by molar-refractivity contribution is -0.138. The molecule has 0 aliphatic rings. The maximum Gasteiger partial charge on any atom is 0.305 e. The molecule has 0 fully saturated rings. The van der Waals surface area contributed by atoms with Gasteiger partial charge in [0.05, 0.1) is 92.3 Å². The number of hydrogen-bond donors (Lipinski definition) is 3. The Bertz CT molecular complexity index is 524. The fourth-order valence-electron chi connectivity index (χ4n) is 2.30. The summed E-state index contributed by atoms with van der Waals surface area (Å²) >= 11 is 0. The van der Waals surface area contributed by atoms with Crippen LogP contribution in [0.5, 0.6) is 0 Å². The number of ether oxygens (including phenoxy) is 7. The van der Waals surface area contributed by atoms with E-state index in [0.717, 1.165) is 0 Å². The first-order valence-corrected chi connectivity index (χ1v) is 11.8. The van der Waals surface area contributed by atoms with Crippen molar-refractivity contribution in [1.29, 1.82) is 0 Å². The van der Waals surface area contributed by atoms with Crippen LogP contribution in [0.4, 0.5) is 0 Å². The largest absolute Gasteiger partial charge is 0.481 e. The highest BCUT2D eigenvalue weighted by Gasteiger charge is 2.03. The van der Waals surface area contributed by atoms with Gasteiger partial charge in [-0.15, -0.1) is 0 Å². The molecule has 0 aliphatic heterocycles. The second-order valence-corrected chi connectivity index (χ2v) is 7.01. The molecule has 0 aromatic carbocycles. The highest BCUT2D eigenvalue weighted by molar-refractivity contribution is 5.76. The van der Waals surface area contributed by atoms with E-state index in [9.17, 15) is 14.4 Å². The maximum atomic E-state index is 11.7. The molecule has 3 N–H and O–H groups in total. The molecular formula is C22H42N2O11. The van der Waals surface area contributed by atoms with Crippen LogP contribution in [0.3, 0.4) is 0 Å². The minimum Gasteiger partial charge on any atom is -0.481 e. The van der Waals surface area contributed by atoms with Gasteiger partial charge in [0.2, 0.25) is 11.8 Å². The molecule has 0 spiro atoms. The van der Waals surface area contributed by atoms with Gasteiger partial charge in [-0.05, 0) is 0 Å². The van der Waals surface area contributed by atoms with E-state index < -0.39 is 5.97 Å². The Hall–Kier alpha value is -1.87. The van der Waals surface area contributed by atoms with Crippen molar-refractivity contribution in [2.75, 3.05) is 106 Å². The van der Waals surface area contributed by atoms with Gasteiger partial charge in [0.25, 0.3) is 0 Å². The molecule has 2 amide bonds. The summed E-state index contributed by atoms with van der Waals surface area (Å²) in [5.74, 6) is -1.21. The predicted molar refractivity (Wildman–Crippen MR) is 124 cm³/mol. The number of amides is 2. The van der Waals surface area contributed by atoms with Gasteiger partial charge in [0.1, 0.15) is 0 Å². The standard InChI is InChI=1S/C22H42N2O11/c1-29-12-13-34-18-19-35-17-16-33-11-6-24-20(25)2-7-30-10-5-23-21(26)3-8-31-14-15-32-9-4-22(27)28/h2-19H2,1H3,(H,23,26)(H,24,25)(H,27,28). The van der Waals surface area contributed by atoms with Crippen molar-refractivity contribution in [2.45, 2.75) is 19.3 Å². The number of nitrogens with one attached hydrogen (secondary N) is 2. The third-order valence-electron chi connectivity index (χ3n) is 4.09. The molecule has 0 saturated carbocycles. The lowest BCUT2D eigenvalue weighted by Gasteiger charge is -2.09. The van der Waals surface area contributed by atoms with Crippen LogP contribution in [0.15, 0.2) is 0 Å². The molecule has 0 unspecified atom stereocenters. The minimum absolute atomic E-state index is 0.0473. The second-order valence-electron chi connectivity index (χ2n) is 7.01. The van der Waals surface area contributed by atoms with Crippen LogP contribution >= 0.6 is 0 Å². The van der Waals surface area contributed by atoms with Crippen molar-refractivity contribution in [3.8, 4) is 0 Å². The predicted octanol–water partition coefficient (Wildman–Crippen LogP) is -0.780. The molecule has 0 aromatic rings. The van der Waals surface area contributed by atoms with E-state index in [1.165, 1.54) is 0 Å². The van der Waals surface area contributed by atoms with Gasteiger partial charge in [0.15, 0.2) is 0 Å². The molecule has 0 atom stereocenters. The summed E-state index contributed by atoms with van der Waals surface area (Å²) in [6.07, 6.45) is 0.381. The van der Waals surface area contributed by atoms with E-state index in [1.54, 1.807) is 7.11 Å². The van der Waals surface area contributed by atoms with Crippen LogP contribution in [-0.4, -0.2) is 129 Å². The van der Waals surface area contributed by atoms with Crippen LogP contribution in [-0.2, 0) is 47.5 Å². The van der Waals surface area contributed by atoms with Crippen molar-refractivity contribution in [2.24, 2.45) is 0 Å². The molecular weight excluding hydrogens is 468 g/mol. The van der Waals surface area contributed by atoms with Gasteiger partial charge in [-0.2, -0.15) is 0 Å². The average molecular weight is 511 g/mol. The average Bonchev–Trinajstić information content (AvgIpc) is 2.83. The van der Waals surface area contributed by atoms with Gasteiger partial charge in [-0.3, -0.25) is 14.4 Å². The van der Waals surface area contributed by atoms with E-state index >= 15 is 0 Å². The molecule has 0 aromatic heterocycles. The van der Waals surface area contributed by atoms with Crippen LogP contribution in [0.25, 0.3) is 0 Å². The Morgan fingerprint density at radius 3 is 1.29 bits per heavy atom. The molecule has 0 heterocycles. The van der Waals surface area contributed by atoms with Crippen LogP contribution < -0.4 is 10.6 Å². The number of carboxylic acid groups (broad SMARTS) is 1. The number of hydrogen-bond acceptors (Lipinski definition) is 10. The van der Waals surface area contributed by atoms with Crippen molar-refractivity contribution < 1.29 is 52.6 Å². The van der Waals surface area contributed by atoms with Crippen molar-refractivity contribution in [3.63, 3.8) is 0 Å². The molecule has 206 valence electrons.